The van der Waals surface area contributed by atoms with E-state index < -0.39 is 0 Å². The average molecular weight is 154 g/mol. The van der Waals surface area contributed by atoms with Crippen molar-refractivity contribution >= 4 is 20.5 Å². The second-order valence-corrected chi connectivity index (χ2v) is 3.71. The SMILES string of the molecule is [B]C1CC(CC)C(CS)C1. The molecule has 0 N–H and O–H groups in total. The molecular formula is C8H15BS. The standard InChI is InChI=1S/C8H15BS/c1-2-6-3-8(9)4-7(6)5-10/h6-8,10H,2-5H2,1H3. The summed E-state index contributed by atoms with van der Waals surface area (Å²) in [5.41, 5.74) is 0. The molecule has 0 bridgehead atoms. The summed E-state index contributed by atoms with van der Waals surface area (Å²) in [6, 6.07) is 0. The van der Waals surface area contributed by atoms with Crippen LogP contribution in [0.3, 0.4) is 0 Å². The Bertz CT molecular complexity index is 93.4. The van der Waals surface area contributed by atoms with Crippen LogP contribution in [0.25, 0.3) is 0 Å². The third-order valence-corrected chi connectivity index (χ3v) is 3.11. The fourth-order valence-corrected chi connectivity index (χ4v) is 2.43. The first kappa shape index (κ1) is 8.51. The van der Waals surface area contributed by atoms with Gasteiger partial charge in [0.15, 0.2) is 0 Å². The van der Waals surface area contributed by atoms with E-state index in [0.29, 0.717) is 5.82 Å². The maximum absolute atomic E-state index is 5.83. The van der Waals surface area contributed by atoms with Crippen LogP contribution in [0.15, 0.2) is 0 Å². The lowest BCUT2D eigenvalue weighted by molar-refractivity contribution is 0.414. The highest BCUT2D eigenvalue weighted by Crippen LogP contribution is 2.40. The second kappa shape index (κ2) is 3.70. The van der Waals surface area contributed by atoms with Crippen LogP contribution in [0.2, 0.25) is 5.82 Å². The van der Waals surface area contributed by atoms with Crippen molar-refractivity contribution in [3.8, 4) is 0 Å². The first-order chi connectivity index (χ1) is 4.77. The Kier molecular flexibility index (Phi) is 3.15. The number of rotatable bonds is 2. The van der Waals surface area contributed by atoms with E-state index in [0.717, 1.165) is 17.6 Å². The van der Waals surface area contributed by atoms with Gasteiger partial charge < -0.3 is 0 Å². The Morgan fingerprint density at radius 3 is 2.40 bits per heavy atom. The zero-order valence-corrected chi connectivity index (χ0v) is 7.48. The smallest absolute Gasteiger partial charge is 0.0699 e. The molecule has 0 aromatic rings. The van der Waals surface area contributed by atoms with Gasteiger partial charge in [-0.2, -0.15) is 12.6 Å². The summed E-state index contributed by atoms with van der Waals surface area (Å²) in [7, 11) is 5.83. The van der Waals surface area contributed by atoms with Crippen molar-refractivity contribution in [2.45, 2.75) is 32.0 Å². The van der Waals surface area contributed by atoms with Gasteiger partial charge in [-0.15, -0.1) is 0 Å². The molecule has 1 fully saturated rings. The lowest BCUT2D eigenvalue weighted by atomic mass is 9.85. The van der Waals surface area contributed by atoms with E-state index in [4.69, 9.17) is 7.85 Å². The van der Waals surface area contributed by atoms with Gasteiger partial charge in [0.1, 0.15) is 0 Å². The monoisotopic (exact) mass is 154 g/mol. The Morgan fingerprint density at radius 2 is 2.00 bits per heavy atom. The van der Waals surface area contributed by atoms with Gasteiger partial charge in [0, 0.05) is 0 Å². The van der Waals surface area contributed by atoms with E-state index in [1.54, 1.807) is 0 Å². The van der Waals surface area contributed by atoms with Gasteiger partial charge in [0.2, 0.25) is 0 Å². The first-order valence-corrected chi connectivity index (χ1v) is 4.77. The van der Waals surface area contributed by atoms with Crippen LogP contribution in [-0.2, 0) is 0 Å². The van der Waals surface area contributed by atoms with Crippen molar-refractivity contribution in [1.29, 1.82) is 0 Å². The van der Waals surface area contributed by atoms with E-state index in [1.165, 1.54) is 19.3 Å². The van der Waals surface area contributed by atoms with Crippen molar-refractivity contribution in [1.82, 2.24) is 0 Å². The highest BCUT2D eigenvalue weighted by Gasteiger charge is 2.28. The van der Waals surface area contributed by atoms with E-state index in [9.17, 15) is 0 Å². The molecule has 3 atom stereocenters. The molecule has 1 aliphatic carbocycles. The van der Waals surface area contributed by atoms with Crippen LogP contribution < -0.4 is 0 Å². The molecule has 0 aromatic carbocycles. The van der Waals surface area contributed by atoms with Crippen molar-refractivity contribution < 1.29 is 0 Å². The Labute approximate surface area is 70.6 Å². The molecule has 3 unspecified atom stereocenters. The molecule has 0 amide bonds. The first-order valence-electron chi connectivity index (χ1n) is 4.14. The zero-order chi connectivity index (χ0) is 7.56. The van der Waals surface area contributed by atoms with Crippen molar-refractivity contribution in [3.05, 3.63) is 0 Å². The minimum atomic E-state index is 0.460. The van der Waals surface area contributed by atoms with E-state index >= 15 is 0 Å². The average Bonchev–Trinajstić information content (AvgIpc) is 2.30. The summed E-state index contributed by atoms with van der Waals surface area (Å²) in [5, 5.41) is 0. The molecule has 1 rings (SSSR count). The summed E-state index contributed by atoms with van der Waals surface area (Å²) in [6.07, 6.45) is 3.70. The van der Waals surface area contributed by atoms with Gasteiger partial charge in [-0.05, 0) is 17.6 Å². The summed E-state index contributed by atoms with van der Waals surface area (Å²) in [4.78, 5) is 0. The molecule has 0 nitrogen and oxygen atoms in total. The number of thiol groups is 1. The normalized spacial score (nSPS) is 40.4. The van der Waals surface area contributed by atoms with Crippen molar-refractivity contribution in [2.75, 3.05) is 5.75 Å². The Hall–Kier alpha value is 0.415. The van der Waals surface area contributed by atoms with Crippen LogP contribution >= 0.6 is 12.6 Å². The fourth-order valence-electron chi connectivity index (χ4n) is 1.98. The van der Waals surface area contributed by atoms with Gasteiger partial charge in [-0.3, -0.25) is 0 Å². The van der Waals surface area contributed by atoms with Crippen LogP contribution in [0.5, 0.6) is 0 Å². The summed E-state index contributed by atoms with van der Waals surface area (Å²) in [5.74, 6) is 3.13. The molecule has 2 heteroatoms. The topological polar surface area (TPSA) is 0 Å². The predicted octanol–water partition coefficient (Wildman–Crippen LogP) is 2.31. The van der Waals surface area contributed by atoms with E-state index in [2.05, 4.69) is 19.6 Å². The maximum Gasteiger partial charge on any atom is 0.0699 e. The summed E-state index contributed by atoms with van der Waals surface area (Å²) < 4.78 is 0. The van der Waals surface area contributed by atoms with Crippen molar-refractivity contribution in [2.24, 2.45) is 11.8 Å². The third kappa shape index (κ3) is 1.72. The quantitative estimate of drug-likeness (QED) is 0.458. The molecule has 10 heavy (non-hydrogen) atoms. The van der Waals surface area contributed by atoms with Gasteiger partial charge >= 0.3 is 0 Å². The van der Waals surface area contributed by atoms with Gasteiger partial charge in [0.25, 0.3) is 0 Å². The molecule has 0 heterocycles. The molecule has 0 spiro atoms. The predicted molar refractivity (Wildman–Crippen MR) is 49.9 cm³/mol. The fraction of sp³-hybridized carbons (Fsp3) is 1.00. The molecule has 1 aliphatic rings. The second-order valence-electron chi connectivity index (χ2n) is 3.34. The molecule has 0 aliphatic heterocycles. The van der Waals surface area contributed by atoms with Crippen LogP contribution in [0.4, 0.5) is 0 Å². The number of hydrogen-bond donors (Lipinski definition) is 1. The van der Waals surface area contributed by atoms with Crippen LogP contribution in [0, 0.1) is 11.8 Å². The maximum atomic E-state index is 5.83. The van der Waals surface area contributed by atoms with Gasteiger partial charge in [0.05, 0.1) is 7.85 Å². The molecule has 2 radical (unpaired) electrons. The molecule has 56 valence electrons. The molecule has 0 saturated heterocycles. The minimum absolute atomic E-state index is 0.460. The molecule has 1 saturated carbocycles. The van der Waals surface area contributed by atoms with Gasteiger partial charge in [-0.1, -0.05) is 32.0 Å². The summed E-state index contributed by atoms with van der Waals surface area (Å²) >= 11 is 4.31. The largest absolute Gasteiger partial charge is 0.179 e. The lowest BCUT2D eigenvalue weighted by Gasteiger charge is -2.14. The molecular weight excluding hydrogens is 139 g/mol. The third-order valence-electron chi connectivity index (χ3n) is 2.64. The van der Waals surface area contributed by atoms with Crippen LogP contribution in [0.1, 0.15) is 26.2 Å². The Morgan fingerprint density at radius 1 is 1.40 bits per heavy atom. The lowest BCUT2D eigenvalue weighted by Crippen LogP contribution is -2.07. The van der Waals surface area contributed by atoms with Crippen molar-refractivity contribution in [3.63, 3.8) is 0 Å². The number of hydrogen-bond acceptors (Lipinski definition) is 1. The highest BCUT2D eigenvalue weighted by atomic mass is 32.1. The minimum Gasteiger partial charge on any atom is -0.179 e. The van der Waals surface area contributed by atoms with E-state index in [-0.39, 0.29) is 0 Å². The van der Waals surface area contributed by atoms with Crippen LogP contribution in [-0.4, -0.2) is 13.6 Å². The summed E-state index contributed by atoms with van der Waals surface area (Å²) in [6.45, 7) is 2.25. The highest BCUT2D eigenvalue weighted by molar-refractivity contribution is 7.80. The Balaban J connectivity index is 2.41. The van der Waals surface area contributed by atoms with Gasteiger partial charge in [-0.25, -0.2) is 0 Å². The zero-order valence-electron chi connectivity index (χ0n) is 6.59. The molecule has 0 aromatic heterocycles. The van der Waals surface area contributed by atoms with E-state index in [1.807, 2.05) is 0 Å².